The second-order valence-corrected chi connectivity index (χ2v) is 6.87. The maximum atomic E-state index is 13.6. The topological polar surface area (TPSA) is 68.5 Å². The normalized spacial score (nSPS) is 16.8. The molecule has 0 unspecified atom stereocenters. The second-order valence-electron chi connectivity index (χ2n) is 6.87. The van der Waals surface area contributed by atoms with Crippen molar-refractivity contribution in [1.29, 1.82) is 0 Å². The number of ether oxygens (including phenoxy) is 1. The molecule has 2 aromatic heterocycles. The first-order chi connectivity index (χ1) is 13.5. The summed E-state index contributed by atoms with van der Waals surface area (Å²) in [5.74, 6) is -0.403. The van der Waals surface area contributed by atoms with Crippen LogP contribution in [0.15, 0.2) is 36.5 Å². The van der Waals surface area contributed by atoms with Crippen molar-refractivity contribution in [2.45, 2.75) is 32.3 Å². The van der Waals surface area contributed by atoms with Gasteiger partial charge in [0.05, 0.1) is 18.0 Å². The number of rotatable bonds is 5. The summed E-state index contributed by atoms with van der Waals surface area (Å²) in [6.07, 6.45) is 0.366. The van der Waals surface area contributed by atoms with Crippen LogP contribution in [0.3, 0.4) is 0 Å². The second kappa shape index (κ2) is 7.63. The minimum atomic E-state index is -2.75. The molecule has 8 heteroatoms. The van der Waals surface area contributed by atoms with Crippen LogP contribution < -0.4 is 5.32 Å². The molecule has 1 aliphatic rings. The van der Waals surface area contributed by atoms with Crippen LogP contribution in [0.2, 0.25) is 0 Å². The monoisotopic (exact) mass is 386 g/mol. The molecule has 1 fully saturated rings. The molecule has 1 saturated heterocycles. The first-order valence-corrected chi connectivity index (χ1v) is 9.16. The first kappa shape index (κ1) is 18.5. The number of halogens is 2. The number of alkyl halides is 2. The Bertz CT molecular complexity index is 995. The maximum Gasteiger partial charge on any atom is 0.280 e. The summed E-state index contributed by atoms with van der Waals surface area (Å²) in [5.41, 5.74) is 2.08. The number of hydrogen-bond donors (Lipinski definition) is 1. The van der Waals surface area contributed by atoms with Crippen molar-refractivity contribution in [2.75, 3.05) is 13.2 Å². The fraction of sp³-hybridized carbons (Fsp3) is 0.350. The molecule has 1 amide bonds. The molecule has 0 saturated carbocycles. The molecule has 1 aliphatic heterocycles. The molecule has 6 nitrogen and oxygen atoms in total. The highest BCUT2D eigenvalue weighted by Crippen LogP contribution is 2.27. The van der Waals surface area contributed by atoms with Gasteiger partial charge in [0, 0.05) is 18.7 Å². The van der Waals surface area contributed by atoms with E-state index in [1.807, 2.05) is 31.2 Å². The number of aryl methyl sites for hydroxylation is 1. The Hall–Kier alpha value is -2.87. The number of nitrogens with zero attached hydrogens (tertiary/aromatic N) is 3. The van der Waals surface area contributed by atoms with E-state index in [9.17, 15) is 13.6 Å². The van der Waals surface area contributed by atoms with Crippen LogP contribution in [-0.2, 0) is 4.74 Å². The van der Waals surface area contributed by atoms with E-state index in [2.05, 4.69) is 15.4 Å². The number of fused-ring (bicyclic) bond motifs is 1. The number of benzene rings is 1. The van der Waals surface area contributed by atoms with Crippen molar-refractivity contribution in [3.8, 4) is 11.3 Å². The number of aromatic nitrogens is 3. The average Bonchev–Trinajstić information content (AvgIpc) is 3.35. The quantitative estimate of drug-likeness (QED) is 0.728. The van der Waals surface area contributed by atoms with Gasteiger partial charge in [0.1, 0.15) is 11.3 Å². The molecule has 0 aliphatic carbocycles. The Labute approximate surface area is 160 Å². The van der Waals surface area contributed by atoms with Gasteiger partial charge in [-0.1, -0.05) is 29.8 Å². The van der Waals surface area contributed by atoms with Crippen LogP contribution in [0.5, 0.6) is 0 Å². The van der Waals surface area contributed by atoms with Gasteiger partial charge in [0.15, 0.2) is 5.65 Å². The molecule has 146 valence electrons. The summed E-state index contributed by atoms with van der Waals surface area (Å²) in [6.45, 7) is 3.00. The molecule has 1 atom stereocenters. The first-order valence-electron chi connectivity index (χ1n) is 9.16. The predicted molar refractivity (Wildman–Crippen MR) is 99.4 cm³/mol. The van der Waals surface area contributed by atoms with Crippen molar-refractivity contribution in [3.05, 3.63) is 53.3 Å². The summed E-state index contributed by atoms with van der Waals surface area (Å²) in [4.78, 5) is 17.1. The highest BCUT2D eigenvalue weighted by molar-refractivity contribution is 5.99. The highest BCUT2D eigenvalue weighted by Gasteiger charge is 2.23. The van der Waals surface area contributed by atoms with Crippen LogP contribution in [0, 0.1) is 6.92 Å². The van der Waals surface area contributed by atoms with Crippen LogP contribution >= 0.6 is 0 Å². The van der Waals surface area contributed by atoms with E-state index in [1.54, 1.807) is 0 Å². The van der Waals surface area contributed by atoms with E-state index < -0.39 is 12.3 Å². The van der Waals surface area contributed by atoms with E-state index in [0.717, 1.165) is 22.9 Å². The highest BCUT2D eigenvalue weighted by atomic mass is 19.3. The van der Waals surface area contributed by atoms with E-state index in [4.69, 9.17) is 4.74 Å². The summed E-state index contributed by atoms with van der Waals surface area (Å²) in [5, 5.41) is 6.76. The van der Waals surface area contributed by atoms with E-state index in [1.165, 1.54) is 12.3 Å². The lowest BCUT2D eigenvalue weighted by molar-refractivity contribution is 0.0859. The summed E-state index contributed by atoms with van der Waals surface area (Å²) in [7, 11) is 0. The Kier molecular flexibility index (Phi) is 5.04. The molecule has 4 rings (SSSR count). The van der Waals surface area contributed by atoms with Crippen molar-refractivity contribution in [2.24, 2.45) is 0 Å². The number of nitrogens with one attached hydrogen (secondary N) is 1. The molecular formula is C20H20F2N4O2. The van der Waals surface area contributed by atoms with Crippen molar-refractivity contribution in [3.63, 3.8) is 0 Å². The van der Waals surface area contributed by atoms with Gasteiger partial charge >= 0.3 is 0 Å². The van der Waals surface area contributed by atoms with Crippen molar-refractivity contribution >= 4 is 11.6 Å². The minimum absolute atomic E-state index is 0.0153. The van der Waals surface area contributed by atoms with Crippen LogP contribution in [0.4, 0.5) is 8.78 Å². The standard InChI is InChI=1S/C20H20F2N4O2/c1-12-4-6-13(7-5-12)16-9-17(18(21)22)26-19(25-16)15(11-24-26)20(27)23-10-14-3-2-8-28-14/h4-7,9,11,14,18H,2-3,8,10H2,1H3,(H,23,27)/t14-/m0/s1. The minimum Gasteiger partial charge on any atom is -0.376 e. The Balaban J connectivity index is 1.71. The summed E-state index contributed by atoms with van der Waals surface area (Å²) >= 11 is 0. The summed E-state index contributed by atoms with van der Waals surface area (Å²) < 4.78 is 33.8. The third-order valence-electron chi connectivity index (χ3n) is 4.83. The molecule has 1 aromatic carbocycles. The van der Waals surface area contributed by atoms with Gasteiger partial charge in [-0.25, -0.2) is 18.3 Å². The smallest absolute Gasteiger partial charge is 0.280 e. The molecule has 0 spiro atoms. The molecule has 1 N–H and O–H groups in total. The van der Waals surface area contributed by atoms with E-state index in [0.29, 0.717) is 24.4 Å². The van der Waals surface area contributed by atoms with E-state index >= 15 is 0 Å². The third kappa shape index (κ3) is 3.60. The van der Waals surface area contributed by atoms with Crippen LogP contribution in [-0.4, -0.2) is 39.8 Å². The Morgan fingerprint density at radius 2 is 2.14 bits per heavy atom. The Morgan fingerprint density at radius 3 is 2.82 bits per heavy atom. The lowest BCUT2D eigenvalue weighted by Crippen LogP contribution is -2.31. The van der Waals surface area contributed by atoms with Gasteiger partial charge in [-0.2, -0.15) is 5.10 Å². The van der Waals surface area contributed by atoms with Crippen molar-refractivity contribution < 1.29 is 18.3 Å². The lowest BCUT2D eigenvalue weighted by Gasteiger charge is -2.11. The van der Waals surface area contributed by atoms with Crippen LogP contribution in [0.25, 0.3) is 16.9 Å². The largest absolute Gasteiger partial charge is 0.376 e. The lowest BCUT2D eigenvalue weighted by atomic mass is 10.1. The molecule has 0 radical (unpaired) electrons. The van der Waals surface area contributed by atoms with Crippen LogP contribution in [0.1, 0.15) is 40.9 Å². The zero-order chi connectivity index (χ0) is 19.7. The number of amides is 1. The fourth-order valence-corrected chi connectivity index (χ4v) is 3.28. The zero-order valence-electron chi connectivity index (χ0n) is 15.4. The van der Waals surface area contributed by atoms with Gasteiger partial charge in [0.2, 0.25) is 0 Å². The van der Waals surface area contributed by atoms with Gasteiger partial charge in [-0.15, -0.1) is 0 Å². The predicted octanol–water partition coefficient (Wildman–Crippen LogP) is 3.55. The fourth-order valence-electron chi connectivity index (χ4n) is 3.28. The number of carbonyl (C=O) groups excluding carboxylic acids is 1. The van der Waals surface area contributed by atoms with Crippen molar-refractivity contribution in [1.82, 2.24) is 19.9 Å². The Morgan fingerprint density at radius 1 is 1.36 bits per heavy atom. The molecule has 0 bridgehead atoms. The van der Waals surface area contributed by atoms with Gasteiger partial charge in [0.25, 0.3) is 12.3 Å². The zero-order valence-corrected chi connectivity index (χ0v) is 15.4. The molecule has 3 heterocycles. The summed E-state index contributed by atoms with van der Waals surface area (Å²) in [6, 6.07) is 8.71. The SMILES string of the molecule is Cc1ccc(-c2cc(C(F)F)n3ncc(C(=O)NC[C@@H]4CCCO4)c3n2)cc1. The number of carbonyl (C=O) groups is 1. The van der Waals surface area contributed by atoms with Gasteiger partial charge < -0.3 is 10.1 Å². The van der Waals surface area contributed by atoms with Gasteiger partial charge in [-0.05, 0) is 25.8 Å². The molecule has 3 aromatic rings. The average molecular weight is 386 g/mol. The third-order valence-corrected chi connectivity index (χ3v) is 4.83. The number of hydrogen-bond acceptors (Lipinski definition) is 4. The maximum absolute atomic E-state index is 13.6. The van der Waals surface area contributed by atoms with E-state index in [-0.39, 0.29) is 23.0 Å². The molecule has 28 heavy (non-hydrogen) atoms. The molecular weight excluding hydrogens is 366 g/mol. The van der Waals surface area contributed by atoms with Gasteiger partial charge in [-0.3, -0.25) is 4.79 Å².